The molecule has 3 unspecified atom stereocenters. The summed E-state index contributed by atoms with van der Waals surface area (Å²) < 4.78 is 5.48. The lowest BCUT2D eigenvalue weighted by Crippen LogP contribution is -2.45. The highest BCUT2D eigenvalue weighted by Crippen LogP contribution is 2.26. The number of carbonyl (C=O) groups is 2. The zero-order valence-corrected chi connectivity index (χ0v) is 12.8. The fourth-order valence-electron chi connectivity index (χ4n) is 2.22. The van der Waals surface area contributed by atoms with Crippen LogP contribution in [0, 0.1) is 11.3 Å². The van der Waals surface area contributed by atoms with Crippen LogP contribution in [0.2, 0.25) is 0 Å². The molecule has 1 N–H and O–H groups in total. The van der Waals surface area contributed by atoms with Crippen molar-refractivity contribution < 1.29 is 14.3 Å². The first-order valence-electron chi connectivity index (χ1n) is 7.21. The smallest absolute Gasteiger partial charge is 0.328 e. The normalized spacial score (nSPS) is 25.5. The summed E-state index contributed by atoms with van der Waals surface area (Å²) in [6, 6.07) is -0.580. The van der Waals surface area contributed by atoms with E-state index in [1.54, 1.807) is 6.92 Å². The Labute approximate surface area is 116 Å². The summed E-state index contributed by atoms with van der Waals surface area (Å²) in [5.41, 5.74) is -0.492. The van der Waals surface area contributed by atoms with Gasteiger partial charge in [-0.2, -0.15) is 0 Å². The van der Waals surface area contributed by atoms with E-state index in [2.05, 4.69) is 12.2 Å². The minimum Gasteiger partial charge on any atom is -0.461 e. The van der Waals surface area contributed by atoms with Crippen LogP contribution in [-0.4, -0.2) is 24.0 Å². The van der Waals surface area contributed by atoms with Crippen molar-refractivity contribution in [3.05, 3.63) is 0 Å². The summed E-state index contributed by atoms with van der Waals surface area (Å²) in [6.45, 7) is 9.33. The summed E-state index contributed by atoms with van der Waals surface area (Å²) in [7, 11) is 0. The van der Waals surface area contributed by atoms with Crippen molar-refractivity contribution in [1.82, 2.24) is 5.32 Å². The molecule has 0 spiro atoms. The minimum absolute atomic E-state index is 0.0187. The van der Waals surface area contributed by atoms with Gasteiger partial charge in [0.2, 0.25) is 5.91 Å². The van der Waals surface area contributed by atoms with Gasteiger partial charge in [-0.25, -0.2) is 4.79 Å². The topological polar surface area (TPSA) is 55.4 Å². The second-order valence-corrected chi connectivity index (χ2v) is 6.78. The van der Waals surface area contributed by atoms with Gasteiger partial charge in [-0.1, -0.05) is 34.1 Å². The molecule has 1 fully saturated rings. The molecule has 1 saturated carbocycles. The maximum atomic E-state index is 11.9. The van der Waals surface area contributed by atoms with Crippen molar-refractivity contribution in [3.8, 4) is 0 Å². The van der Waals surface area contributed by atoms with Gasteiger partial charge in [-0.15, -0.1) is 0 Å². The van der Waals surface area contributed by atoms with Crippen LogP contribution in [-0.2, 0) is 14.3 Å². The van der Waals surface area contributed by atoms with E-state index >= 15 is 0 Å². The number of amides is 1. The number of rotatable bonds is 3. The van der Waals surface area contributed by atoms with E-state index in [4.69, 9.17) is 4.74 Å². The summed E-state index contributed by atoms with van der Waals surface area (Å²) in [6.07, 6.45) is 4.22. The third-order valence-electron chi connectivity index (χ3n) is 3.55. The molecule has 1 aliphatic rings. The Bertz CT molecular complexity index is 333. The van der Waals surface area contributed by atoms with E-state index in [0.29, 0.717) is 5.92 Å². The maximum absolute atomic E-state index is 11.9. The monoisotopic (exact) mass is 269 g/mol. The van der Waals surface area contributed by atoms with Gasteiger partial charge in [0, 0.05) is 5.41 Å². The number of hydrogen-bond donors (Lipinski definition) is 1. The lowest BCUT2D eigenvalue weighted by atomic mass is 9.89. The van der Waals surface area contributed by atoms with Gasteiger partial charge in [0.05, 0.1) is 0 Å². The van der Waals surface area contributed by atoms with Gasteiger partial charge in [0.15, 0.2) is 0 Å². The Morgan fingerprint density at radius 1 is 1.26 bits per heavy atom. The molecule has 1 rings (SSSR count). The van der Waals surface area contributed by atoms with E-state index in [1.165, 1.54) is 6.42 Å². The molecule has 19 heavy (non-hydrogen) atoms. The fourth-order valence-corrected chi connectivity index (χ4v) is 2.22. The molecular weight excluding hydrogens is 242 g/mol. The van der Waals surface area contributed by atoms with Crippen LogP contribution in [0.15, 0.2) is 0 Å². The van der Waals surface area contributed by atoms with E-state index in [9.17, 15) is 9.59 Å². The van der Waals surface area contributed by atoms with Crippen LogP contribution in [0.1, 0.15) is 60.3 Å². The Morgan fingerprint density at radius 3 is 2.42 bits per heavy atom. The SMILES string of the molecule is CC1CCCC(OC(=O)C(C)NC(=O)C(C)(C)C)C1. The quantitative estimate of drug-likeness (QED) is 0.801. The Morgan fingerprint density at radius 2 is 1.89 bits per heavy atom. The molecule has 0 heterocycles. The van der Waals surface area contributed by atoms with E-state index < -0.39 is 11.5 Å². The lowest BCUT2D eigenvalue weighted by molar-refractivity contribution is -0.155. The molecule has 4 nitrogen and oxygen atoms in total. The highest BCUT2D eigenvalue weighted by Gasteiger charge is 2.28. The second kappa shape index (κ2) is 6.40. The molecular formula is C15H27NO3. The maximum Gasteiger partial charge on any atom is 0.328 e. The van der Waals surface area contributed by atoms with E-state index in [1.807, 2.05) is 20.8 Å². The lowest BCUT2D eigenvalue weighted by Gasteiger charge is -2.28. The van der Waals surface area contributed by atoms with E-state index in [-0.39, 0.29) is 18.0 Å². The number of ether oxygens (including phenoxy) is 1. The van der Waals surface area contributed by atoms with Gasteiger partial charge in [0.25, 0.3) is 0 Å². The molecule has 1 amide bonds. The fraction of sp³-hybridized carbons (Fsp3) is 0.867. The summed E-state index contributed by atoms with van der Waals surface area (Å²) in [5, 5.41) is 2.71. The van der Waals surface area contributed by atoms with Crippen molar-refractivity contribution in [3.63, 3.8) is 0 Å². The average molecular weight is 269 g/mol. The predicted molar refractivity (Wildman–Crippen MR) is 74.6 cm³/mol. The van der Waals surface area contributed by atoms with Crippen LogP contribution in [0.25, 0.3) is 0 Å². The zero-order chi connectivity index (χ0) is 14.6. The van der Waals surface area contributed by atoms with Gasteiger partial charge in [-0.05, 0) is 32.1 Å². The largest absolute Gasteiger partial charge is 0.461 e. The number of hydrogen-bond acceptors (Lipinski definition) is 3. The molecule has 0 bridgehead atoms. The molecule has 4 heteroatoms. The first kappa shape index (κ1) is 16.0. The molecule has 1 aliphatic carbocycles. The molecule has 0 radical (unpaired) electrons. The van der Waals surface area contributed by atoms with Crippen LogP contribution >= 0.6 is 0 Å². The van der Waals surface area contributed by atoms with Crippen LogP contribution < -0.4 is 5.32 Å². The van der Waals surface area contributed by atoms with Gasteiger partial charge in [-0.3, -0.25) is 4.79 Å². The van der Waals surface area contributed by atoms with Crippen molar-refractivity contribution in [1.29, 1.82) is 0 Å². The minimum atomic E-state index is -0.580. The molecule has 0 aromatic heterocycles. The van der Waals surface area contributed by atoms with Gasteiger partial charge >= 0.3 is 5.97 Å². The molecule has 0 saturated heterocycles. The Balaban J connectivity index is 2.42. The van der Waals surface area contributed by atoms with Crippen LogP contribution in [0.4, 0.5) is 0 Å². The third kappa shape index (κ3) is 5.21. The summed E-state index contributed by atoms with van der Waals surface area (Å²) >= 11 is 0. The van der Waals surface area contributed by atoms with Crippen molar-refractivity contribution >= 4 is 11.9 Å². The second-order valence-electron chi connectivity index (χ2n) is 6.78. The number of esters is 1. The number of nitrogens with one attached hydrogen (secondary N) is 1. The van der Waals surface area contributed by atoms with Crippen molar-refractivity contribution in [2.45, 2.75) is 72.4 Å². The highest BCUT2D eigenvalue weighted by molar-refractivity contribution is 5.87. The Kier molecular flexibility index (Phi) is 5.39. The van der Waals surface area contributed by atoms with Gasteiger partial charge < -0.3 is 10.1 Å². The molecule has 3 atom stereocenters. The molecule has 0 aliphatic heterocycles. The average Bonchev–Trinajstić information content (AvgIpc) is 2.27. The van der Waals surface area contributed by atoms with Crippen molar-refractivity contribution in [2.75, 3.05) is 0 Å². The van der Waals surface area contributed by atoms with Crippen LogP contribution in [0.5, 0.6) is 0 Å². The van der Waals surface area contributed by atoms with Crippen LogP contribution in [0.3, 0.4) is 0 Å². The summed E-state index contributed by atoms with van der Waals surface area (Å²) in [5.74, 6) is 0.164. The standard InChI is InChI=1S/C15H27NO3/c1-10-7-6-8-12(9-10)19-13(17)11(2)16-14(18)15(3,4)5/h10-12H,6-9H2,1-5H3,(H,16,18). The predicted octanol–water partition coefficient (Wildman–Crippen LogP) is 2.66. The van der Waals surface area contributed by atoms with Gasteiger partial charge in [0.1, 0.15) is 12.1 Å². The zero-order valence-electron chi connectivity index (χ0n) is 12.8. The molecule has 0 aromatic carbocycles. The first-order valence-corrected chi connectivity index (χ1v) is 7.21. The number of carbonyl (C=O) groups excluding carboxylic acids is 2. The highest BCUT2D eigenvalue weighted by atomic mass is 16.5. The van der Waals surface area contributed by atoms with Crippen molar-refractivity contribution in [2.24, 2.45) is 11.3 Å². The van der Waals surface area contributed by atoms with E-state index in [0.717, 1.165) is 19.3 Å². The molecule has 110 valence electrons. The summed E-state index contributed by atoms with van der Waals surface area (Å²) in [4.78, 5) is 23.7. The third-order valence-corrected chi connectivity index (χ3v) is 3.55. The Hall–Kier alpha value is -1.06. The molecule has 0 aromatic rings. The first-order chi connectivity index (χ1) is 8.70.